The minimum Gasteiger partial charge on any atom is -0.382 e. The van der Waals surface area contributed by atoms with Gasteiger partial charge in [-0.15, -0.1) is 0 Å². The lowest BCUT2D eigenvalue weighted by Gasteiger charge is -2.35. The van der Waals surface area contributed by atoms with Crippen LogP contribution < -0.4 is 11.1 Å². The van der Waals surface area contributed by atoms with Gasteiger partial charge in [-0.3, -0.25) is 0 Å². The van der Waals surface area contributed by atoms with Crippen molar-refractivity contribution in [1.82, 2.24) is 0 Å². The molecule has 1 fully saturated rings. The summed E-state index contributed by atoms with van der Waals surface area (Å²) in [7, 11) is 0. The van der Waals surface area contributed by atoms with Gasteiger partial charge in [0, 0.05) is 17.8 Å². The number of fused-ring (bicyclic) bond motifs is 2. The molecule has 3 atom stereocenters. The van der Waals surface area contributed by atoms with E-state index in [0.29, 0.717) is 12.0 Å². The van der Waals surface area contributed by atoms with E-state index in [1.807, 2.05) is 0 Å². The first-order valence-corrected chi connectivity index (χ1v) is 5.88. The third-order valence-corrected chi connectivity index (χ3v) is 3.94. The lowest BCUT2D eigenvalue weighted by molar-refractivity contribution is 0.401. The second-order valence-electron chi connectivity index (χ2n) is 4.96. The minimum absolute atomic E-state index is 0.244. The van der Waals surface area contributed by atoms with E-state index in [2.05, 4.69) is 30.4 Å². The molecule has 3 rings (SSSR count). The van der Waals surface area contributed by atoms with Crippen LogP contribution in [0.5, 0.6) is 0 Å². The first kappa shape index (κ1) is 9.22. The van der Waals surface area contributed by atoms with E-state index in [1.165, 1.54) is 36.1 Å². The Hall–Kier alpha value is -1.02. The number of nitrogens with two attached hydrogens (primary N) is 1. The normalized spacial score (nSPS) is 33.1. The molecule has 1 heterocycles. The van der Waals surface area contributed by atoms with Gasteiger partial charge in [0.1, 0.15) is 0 Å². The van der Waals surface area contributed by atoms with Crippen LogP contribution in [0, 0.1) is 12.8 Å². The van der Waals surface area contributed by atoms with E-state index in [0.717, 1.165) is 0 Å². The molecule has 80 valence electrons. The van der Waals surface area contributed by atoms with Crippen LogP contribution in [0.1, 0.15) is 36.4 Å². The predicted octanol–water partition coefficient (Wildman–Crippen LogP) is 2.59. The molecule has 1 aliphatic heterocycles. The first-order chi connectivity index (χ1) is 7.25. The van der Waals surface area contributed by atoms with Gasteiger partial charge in [0.15, 0.2) is 0 Å². The monoisotopic (exact) mass is 202 g/mol. The van der Waals surface area contributed by atoms with Crippen molar-refractivity contribution in [3.8, 4) is 0 Å². The molecule has 15 heavy (non-hydrogen) atoms. The summed E-state index contributed by atoms with van der Waals surface area (Å²) in [6.07, 6.45) is 3.89. The SMILES string of the molecule is Cc1ccc2c(c1)C(N)C1CCCC1N2. The second kappa shape index (κ2) is 3.24. The molecule has 0 amide bonds. The molecule has 0 saturated heterocycles. The van der Waals surface area contributed by atoms with E-state index in [4.69, 9.17) is 5.73 Å². The molecule has 1 saturated carbocycles. The fraction of sp³-hybridized carbons (Fsp3) is 0.538. The Morgan fingerprint density at radius 3 is 3.07 bits per heavy atom. The number of benzene rings is 1. The van der Waals surface area contributed by atoms with Gasteiger partial charge in [-0.05, 0) is 37.3 Å². The highest BCUT2D eigenvalue weighted by atomic mass is 15.0. The van der Waals surface area contributed by atoms with Crippen molar-refractivity contribution < 1.29 is 0 Å². The maximum Gasteiger partial charge on any atom is 0.0391 e. The minimum atomic E-state index is 0.244. The van der Waals surface area contributed by atoms with Crippen LogP contribution in [0.25, 0.3) is 0 Å². The van der Waals surface area contributed by atoms with Gasteiger partial charge < -0.3 is 11.1 Å². The molecular formula is C13H18N2. The topological polar surface area (TPSA) is 38.0 Å². The molecule has 3 N–H and O–H groups in total. The largest absolute Gasteiger partial charge is 0.382 e. The van der Waals surface area contributed by atoms with E-state index in [9.17, 15) is 0 Å². The Morgan fingerprint density at radius 2 is 2.20 bits per heavy atom. The Balaban J connectivity index is 2.05. The molecule has 2 nitrogen and oxygen atoms in total. The van der Waals surface area contributed by atoms with Crippen LogP contribution in [-0.2, 0) is 0 Å². The van der Waals surface area contributed by atoms with Crippen molar-refractivity contribution in [2.24, 2.45) is 11.7 Å². The van der Waals surface area contributed by atoms with Crippen molar-refractivity contribution in [2.45, 2.75) is 38.3 Å². The average Bonchev–Trinajstić information content (AvgIpc) is 2.68. The van der Waals surface area contributed by atoms with Gasteiger partial charge in [-0.25, -0.2) is 0 Å². The standard InChI is InChI=1S/C13H18N2/c1-8-5-6-12-10(7-8)13(14)9-3-2-4-11(9)15-12/h5-7,9,11,13,15H,2-4,14H2,1H3. The van der Waals surface area contributed by atoms with Crippen LogP contribution in [0.3, 0.4) is 0 Å². The summed E-state index contributed by atoms with van der Waals surface area (Å²) in [5.41, 5.74) is 10.2. The number of hydrogen-bond acceptors (Lipinski definition) is 2. The Kier molecular flexibility index (Phi) is 1.99. The fourth-order valence-corrected chi connectivity index (χ4v) is 3.12. The van der Waals surface area contributed by atoms with E-state index in [-0.39, 0.29) is 6.04 Å². The van der Waals surface area contributed by atoms with Gasteiger partial charge in [0.2, 0.25) is 0 Å². The maximum absolute atomic E-state index is 6.36. The summed E-state index contributed by atoms with van der Waals surface area (Å²) in [5.74, 6) is 0.652. The van der Waals surface area contributed by atoms with Crippen LogP contribution in [-0.4, -0.2) is 6.04 Å². The highest BCUT2D eigenvalue weighted by Gasteiger charge is 2.37. The van der Waals surface area contributed by atoms with Crippen LogP contribution >= 0.6 is 0 Å². The number of aryl methyl sites for hydroxylation is 1. The van der Waals surface area contributed by atoms with Crippen LogP contribution in [0.15, 0.2) is 18.2 Å². The molecule has 2 heteroatoms. The molecule has 0 aromatic heterocycles. The molecule has 1 aromatic rings. The number of hydrogen-bond donors (Lipinski definition) is 2. The summed E-state index contributed by atoms with van der Waals surface area (Å²) >= 11 is 0. The zero-order valence-electron chi connectivity index (χ0n) is 9.16. The van der Waals surface area contributed by atoms with Gasteiger partial charge in [0.05, 0.1) is 0 Å². The van der Waals surface area contributed by atoms with Crippen molar-refractivity contribution in [2.75, 3.05) is 5.32 Å². The van der Waals surface area contributed by atoms with Crippen molar-refractivity contribution >= 4 is 5.69 Å². The molecule has 3 unspecified atom stereocenters. The van der Waals surface area contributed by atoms with Crippen LogP contribution in [0.2, 0.25) is 0 Å². The molecular weight excluding hydrogens is 184 g/mol. The summed E-state index contributed by atoms with van der Waals surface area (Å²) in [5, 5.41) is 3.64. The summed E-state index contributed by atoms with van der Waals surface area (Å²) in [6, 6.07) is 7.44. The van der Waals surface area contributed by atoms with Gasteiger partial charge in [0.25, 0.3) is 0 Å². The summed E-state index contributed by atoms with van der Waals surface area (Å²) < 4.78 is 0. The van der Waals surface area contributed by atoms with E-state index < -0.39 is 0 Å². The third kappa shape index (κ3) is 1.36. The first-order valence-electron chi connectivity index (χ1n) is 5.88. The maximum atomic E-state index is 6.36. The van der Waals surface area contributed by atoms with Gasteiger partial charge >= 0.3 is 0 Å². The van der Waals surface area contributed by atoms with Crippen molar-refractivity contribution in [3.63, 3.8) is 0 Å². The van der Waals surface area contributed by atoms with Crippen molar-refractivity contribution in [3.05, 3.63) is 29.3 Å². The van der Waals surface area contributed by atoms with Gasteiger partial charge in [-0.1, -0.05) is 24.1 Å². The Morgan fingerprint density at radius 1 is 1.33 bits per heavy atom. The molecule has 2 aliphatic rings. The molecule has 0 bridgehead atoms. The van der Waals surface area contributed by atoms with Gasteiger partial charge in [-0.2, -0.15) is 0 Å². The quantitative estimate of drug-likeness (QED) is 0.678. The summed E-state index contributed by atoms with van der Waals surface area (Å²) in [4.78, 5) is 0. The van der Waals surface area contributed by atoms with Crippen molar-refractivity contribution in [1.29, 1.82) is 0 Å². The predicted molar refractivity (Wildman–Crippen MR) is 62.9 cm³/mol. The highest BCUT2D eigenvalue weighted by Crippen LogP contribution is 2.43. The molecule has 1 aliphatic carbocycles. The molecule has 0 radical (unpaired) electrons. The fourth-order valence-electron chi connectivity index (χ4n) is 3.12. The second-order valence-corrected chi connectivity index (χ2v) is 4.96. The van der Waals surface area contributed by atoms with E-state index >= 15 is 0 Å². The number of anilines is 1. The highest BCUT2D eigenvalue weighted by molar-refractivity contribution is 5.57. The summed E-state index contributed by atoms with van der Waals surface area (Å²) in [6.45, 7) is 2.13. The Labute approximate surface area is 90.9 Å². The lowest BCUT2D eigenvalue weighted by atomic mass is 9.84. The average molecular weight is 202 g/mol. The zero-order valence-corrected chi connectivity index (χ0v) is 9.16. The smallest absolute Gasteiger partial charge is 0.0391 e. The molecule has 1 aromatic carbocycles. The Bertz CT molecular complexity index is 386. The number of nitrogens with one attached hydrogen (secondary N) is 1. The van der Waals surface area contributed by atoms with E-state index in [1.54, 1.807) is 0 Å². The molecule has 0 spiro atoms. The van der Waals surface area contributed by atoms with Crippen LogP contribution in [0.4, 0.5) is 5.69 Å². The number of rotatable bonds is 0. The lowest BCUT2D eigenvalue weighted by Crippen LogP contribution is -2.37. The third-order valence-electron chi connectivity index (χ3n) is 3.94. The zero-order chi connectivity index (χ0) is 10.4.